The fourth-order valence-electron chi connectivity index (χ4n) is 7.97. The zero-order valence-electron chi connectivity index (χ0n) is 48.6. The zero-order valence-corrected chi connectivity index (χ0v) is 48.6. The summed E-state index contributed by atoms with van der Waals surface area (Å²) in [6, 6.07) is 0. The number of aliphatic carboxylic acids is 1. The number of carboxylic acid groups (broad SMARTS) is 1. The van der Waals surface area contributed by atoms with Gasteiger partial charge in [0.15, 0.2) is 12.4 Å². The van der Waals surface area contributed by atoms with Gasteiger partial charge >= 0.3 is 11.9 Å². The average Bonchev–Trinajstić information content (AvgIpc) is 3.38. The molecular weight excluding hydrogens is 935 g/mol. The van der Waals surface area contributed by atoms with Crippen molar-refractivity contribution >= 4 is 17.9 Å². The second kappa shape index (κ2) is 56.2. The number of allylic oxidation sites excluding steroid dienone is 18. The van der Waals surface area contributed by atoms with Gasteiger partial charge in [-0.3, -0.25) is 9.59 Å². The number of unbranched alkanes of at least 4 members (excludes halogenated alkanes) is 21. The maximum Gasteiger partial charge on any atom is 0.306 e. The lowest BCUT2D eigenvalue weighted by Crippen LogP contribution is -2.44. The van der Waals surface area contributed by atoms with Gasteiger partial charge in [-0.05, 0) is 96.3 Å². The van der Waals surface area contributed by atoms with E-state index in [9.17, 15) is 19.5 Å². The van der Waals surface area contributed by atoms with E-state index < -0.39 is 24.3 Å². The van der Waals surface area contributed by atoms with E-state index in [2.05, 4.69) is 123 Å². The highest BCUT2D eigenvalue weighted by atomic mass is 16.7. The Morgan fingerprint density at radius 1 is 0.400 bits per heavy atom. The molecule has 9 heteroatoms. The topological polar surface area (TPSA) is 111 Å². The van der Waals surface area contributed by atoms with Gasteiger partial charge < -0.3 is 33.3 Å². The monoisotopic (exact) mass is 1050 g/mol. The van der Waals surface area contributed by atoms with Crippen molar-refractivity contribution in [3.63, 3.8) is 0 Å². The van der Waals surface area contributed by atoms with Gasteiger partial charge in [0.2, 0.25) is 0 Å². The lowest BCUT2D eigenvalue weighted by molar-refractivity contribution is -0.870. The van der Waals surface area contributed by atoms with Crippen molar-refractivity contribution in [2.45, 2.75) is 245 Å². The minimum Gasteiger partial charge on any atom is -0.545 e. The summed E-state index contributed by atoms with van der Waals surface area (Å²) in [7, 11) is 5.91. The summed E-state index contributed by atoms with van der Waals surface area (Å²) >= 11 is 0. The number of ether oxygens (including phenoxy) is 4. The number of hydrogen-bond donors (Lipinski definition) is 0. The molecule has 0 N–H and O–H groups in total. The van der Waals surface area contributed by atoms with Gasteiger partial charge in [0.25, 0.3) is 0 Å². The molecule has 0 saturated carbocycles. The average molecular weight is 1050 g/mol. The predicted molar refractivity (Wildman–Crippen MR) is 315 cm³/mol. The molecule has 0 bridgehead atoms. The van der Waals surface area contributed by atoms with Gasteiger partial charge in [-0.1, -0.05) is 232 Å². The first-order chi connectivity index (χ1) is 36.6. The SMILES string of the molecule is CC/C=C\C/C=C\C/C=C\C/C=C\C/C=C\C/C=C\CCCCCCCCCCCCCCCCCCC(=O)OC(COC(=O)CCCCCCC/C=C\C/C=C\C/C=C\CC)COC(OCC[N+](C)(C)C)C(=O)[O-]. The molecule has 75 heavy (non-hydrogen) atoms. The summed E-state index contributed by atoms with van der Waals surface area (Å²) in [4.78, 5) is 37.3. The van der Waals surface area contributed by atoms with E-state index in [1.165, 1.54) is 83.5 Å². The molecule has 0 aromatic rings. The largest absolute Gasteiger partial charge is 0.545 e. The number of carboxylic acids is 1. The van der Waals surface area contributed by atoms with E-state index in [0.717, 1.165) is 109 Å². The lowest BCUT2D eigenvalue weighted by Gasteiger charge is -2.26. The smallest absolute Gasteiger partial charge is 0.306 e. The summed E-state index contributed by atoms with van der Waals surface area (Å²) in [6.45, 7) is 4.50. The van der Waals surface area contributed by atoms with Crippen molar-refractivity contribution in [1.82, 2.24) is 0 Å². The molecule has 2 atom stereocenters. The Morgan fingerprint density at radius 3 is 1.07 bits per heavy atom. The van der Waals surface area contributed by atoms with Gasteiger partial charge in [0.1, 0.15) is 13.2 Å². The molecule has 0 aliphatic rings. The number of quaternary nitrogens is 1. The summed E-state index contributed by atoms with van der Waals surface area (Å²) in [5, 5.41) is 11.8. The van der Waals surface area contributed by atoms with Gasteiger partial charge in [0.05, 0.1) is 40.3 Å². The Bertz CT molecular complexity index is 1590. The van der Waals surface area contributed by atoms with Crippen LogP contribution in [-0.4, -0.2) is 82.3 Å². The summed E-state index contributed by atoms with van der Waals surface area (Å²) < 4.78 is 22.7. The number of esters is 2. The fourth-order valence-corrected chi connectivity index (χ4v) is 7.97. The first-order valence-electron chi connectivity index (χ1n) is 30.0. The van der Waals surface area contributed by atoms with Crippen LogP contribution in [0.4, 0.5) is 0 Å². The Labute approximate surface area is 460 Å². The van der Waals surface area contributed by atoms with Crippen LogP contribution in [0.2, 0.25) is 0 Å². The van der Waals surface area contributed by atoms with Crippen LogP contribution in [0.15, 0.2) is 109 Å². The maximum absolute atomic E-state index is 12.9. The third-order valence-electron chi connectivity index (χ3n) is 12.5. The van der Waals surface area contributed by atoms with Crippen LogP contribution in [0, 0.1) is 0 Å². The number of nitrogens with zero attached hydrogens (tertiary/aromatic N) is 1. The molecule has 428 valence electrons. The van der Waals surface area contributed by atoms with Crippen LogP contribution in [0.3, 0.4) is 0 Å². The summed E-state index contributed by atoms with van der Waals surface area (Å²) in [6.07, 6.45) is 74.4. The second-order valence-corrected chi connectivity index (χ2v) is 20.9. The molecule has 0 heterocycles. The molecule has 0 aliphatic heterocycles. The van der Waals surface area contributed by atoms with Crippen LogP contribution in [0.5, 0.6) is 0 Å². The van der Waals surface area contributed by atoms with Crippen molar-refractivity contribution in [2.24, 2.45) is 0 Å². The highest BCUT2D eigenvalue weighted by Crippen LogP contribution is 2.16. The number of carbonyl (C=O) groups is 3. The number of likely N-dealkylation sites (N-methyl/N-ethyl adjacent to an activating group) is 1. The van der Waals surface area contributed by atoms with Gasteiger partial charge in [-0.15, -0.1) is 0 Å². The first kappa shape index (κ1) is 71.0. The zero-order chi connectivity index (χ0) is 54.8. The molecule has 0 radical (unpaired) electrons. The quantitative estimate of drug-likeness (QED) is 0.0195. The molecule has 0 aromatic carbocycles. The highest BCUT2D eigenvalue weighted by molar-refractivity contribution is 5.70. The highest BCUT2D eigenvalue weighted by Gasteiger charge is 2.22. The molecule has 9 nitrogen and oxygen atoms in total. The van der Waals surface area contributed by atoms with Crippen molar-refractivity contribution < 1.29 is 42.9 Å². The van der Waals surface area contributed by atoms with Crippen molar-refractivity contribution in [3.05, 3.63) is 109 Å². The molecule has 0 fully saturated rings. The molecular formula is C66H111NO8. The van der Waals surface area contributed by atoms with Crippen molar-refractivity contribution in [2.75, 3.05) is 47.5 Å². The Kier molecular flexibility index (Phi) is 53.1. The van der Waals surface area contributed by atoms with Crippen LogP contribution < -0.4 is 5.11 Å². The van der Waals surface area contributed by atoms with E-state index in [1.807, 2.05) is 21.1 Å². The van der Waals surface area contributed by atoms with Crippen molar-refractivity contribution in [1.29, 1.82) is 0 Å². The Balaban J connectivity index is 4.12. The minimum atomic E-state index is -1.63. The maximum atomic E-state index is 12.9. The molecule has 2 unspecified atom stereocenters. The van der Waals surface area contributed by atoms with Gasteiger partial charge in [-0.2, -0.15) is 0 Å². The van der Waals surface area contributed by atoms with Crippen LogP contribution in [0.25, 0.3) is 0 Å². The summed E-state index contributed by atoms with van der Waals surface area (Å²) in [5.74, 6) is -2.31. The predicted octanol–water partition coefficient (Wildman–Crippen LogP) is 16.6. The normalized spacial score (nSPS) is 13.6. The second-order valence-electron chi connectivity index (χ2n) is 20.9. The van der Waals surface area contributed by atoms with Gasteiger partial charge in [-0.25, -0.2) is 0 Å². The van der Waals surface area contributed by atoms with Crippen LogP contribution >= 0.6 is 0 Å². The lowest BCUT2D eigenvalue weighted by atomic mass is 10.0. The van der Waals surface area contributed by atoms with Crippen molar-refractivity contribution in [3.8, 4) is 0 Å². The Hall–Kier alpha value is -4.05. The van der Waals surface area contributed by atoms with E-state index in [-0.39, 0.29) is 38.6 Å². The third-order valence-corrected chi connectivity index (χ3v) is 12.5. The van der Waals surface area contributed by atoms with Crippen LogP contribution in [0.1, 0.15) is 232 Å². The molecule has 0 aromatic heterocycles. The van der Waals surface area contributed by atoms with Gasteiger partial charge in [0, 0.05) is 12.8 Å². The van der Waals surface area contributed by atoms with E-state index in [1.54, 1.807) is 0 Å². The number of carbonyl (C=O) groups excluding carboxylic acids is 3. The fraction of sp³-hybridized carbons (Fsp3) is 0.682. The molecule has 0 rings (SSSR count). The number of rotatable bonds is 54. The minimum absolute atomic E-state index is 0.141. The third kappa shape index (κ3) is 57.5. The number of hydrogen-bond acceptors (Lipinski definition) is 8. The molecule has 0 spiro atoms. The molecule has 0 amide bonds. The Morgan fingerprint density at radius 2 is 0.720 bits per heavy atom. The standard InChI is InChI=1S/C66H111NO8/c1-6-8-10-12-14-16-18-20-22-23-24-25-26-27-28-29-30-31-32-33-34-35-36-37-38-39-40-41-43-45-47-49-51-53-55-57-64(69)75-62(61-74-66(65(70)71)72-59-58-67(3,4)5)60-73-63(68)56-54-52-50-48-46-44-42-21-19-17-15-13-11-9-7-2/h8-11,14-17,20-22,24-25,27-28,30-31,42,62,66H,6-7,12-13,18-19,23,26,29,32-41,43-61H2,1-5H3/b10-8-,11-9-,16-14-,17-15-,22-20-,25-24-,28-27-,31-30-,42-21-. The molecule has 0 aliphatic carbocycles. The first-order valence-corrected chi connectivity index (χ1v) is 30.0. The van der Waals surface area contributed by atoms with E-state index >= 15 is 0 Å². The van der Waals surface area contributed by atoms with E-state index in [4.69, 9.17) is 18.9 Å². The van der Waals surface area contributed by atoms with Crippen LogP contribution in [-0.2, 0) is 33.3 Å². The van der Waals surface area contributed by atoms with E-state index in [0.29, 0.717) is 23.9 Å². The summed E-state index contributed by atoms with van der Waals surface area (Å²) in [5.41, 5.74) is 0. The molecule has 0 saturated heterocycles.